The lowest BCUT2D eigenvalue weighted by Crippen LogP contribution is -2.19. The van der Waals surface area contributed by atoms with Gasteiger partial charge < -0.3 is 10.1 Å². The van der Waals surface area contributed by atoms with Crippen LogP contribution < -0.4 is 5.32 Å². The monoisotopic (exact) mass is 225 g/mol. The average molecular weight is 225 g/mol. The molecule has 4 nitrogen and oxygen atoms in total. The van der Waals surface area contributed by atoms with Crippen LogP contribution >= 0.6 is 0 Å². The van der Waals surface area contributed by atoms with Crippen LogP contribution in [0.4, 0.5) is 0 Å². The molecule has 1 N–H and O–H groups in total. The van der Waals surface area contributed by atoms with Crippen molar-refractivity contribution in [3.05, 3.63) is 25.4 Å². The van der Waals surface area contributed by atoms with Crippen molar-refractivity contribution in [3.63, 3.8) is 0 Å². The standard InChI is InChI=1S/C9H14O2.C3H5NO/c1-2-9(10)11-8-6-4-3-5-7-8;1-2-4-3-5/h2,8H,1,3-7H2;2-3H,1H2,(H,4,5). The molecule has 1 saturated carbocycles. The molecule has 0 radical (unpaired) electrons. The van der Waals surface area contributed by atoms with E-state index in [1.807, 2.05) is 0 Å². The summed E-state index contributed by atoms with van der Waals surface area (Å²) < 4.78 is 5.08. The highest BCUT2D eigenvalue weighted by Crippen LogP contribution is 2.20. The minimum Gasteiger partial charge on any atom is -0.459 e. The van der Waals surface area contributed by atoms with E-state index < -0.39 is 0 Å². The number of rotatable bonds is 4. The molecule has 1 rings (SSSR count). The zero-order valence-electron chi connectivity index (χ0n) is 9.48. The molecule has 0 aliphatic heterocycles. The molecular formula is C12H19NO3. The van der Waals surface area contributed by atoms with Crippen molar-refractivity contribution in [2.45, 2.75) is 38.2 Å². The van der Waals surface area contributed by atoms with Gasteiger partial charge in [-0.25, -0.2) is 4.79 Å². The molecule has 16 heavy (non-hydrogen) atoms. The maximum absolute atomic E-state index is 10.7. The Morgan fingerprint density at radius 1 is 1.25 bits per heavy atom. The van der Waals surface area contributed by atoms with E-state index >= 15 is 0 Å². The Balaban J connectivity index is 0.000000385. The van der Waals surface area contributed by atoms with Gasteiger partial charge in [-0.3, -0.25) is 4.79 Å². The number of carbonyl (C=O) groups excluding carboxylic acids is 2. The van der Waals surface area contributed by atoms with Gasteiger partial charge >= 0.3 is 5.97 Å². The number of esters is 1. The van der Waals surface area contributed by atoms with Gasteiger partial charge in [-0.05, 0) is 31.9 Å². The second-order valence-corrected chi connectivity index (χ2v) is 3.39. The maximum atomic E-state index is 10.7. The maximum Gasteiger partial charge on any atom is 0.330 e. The van der Waals surface area contributed by atoms with Gasteiger partial charge in [-0.2, -0.15) is 0 Å². The average Bonchev–Trinajstić information content (AvgIpc) is 2.32. The fraction of sp³-hybridized carbons (Fsp3) is 0.500. The number of ether oxygens (including phenoxy) is 1. The smallest absolute Gasteiger partial charge is 0.330 e. The Morgan fingerprint density at radius 3 is 2.25 bits per heavy atom. The molecule has 0 aromatic rings. The minimum atomic E-state index is -0.281. The van der Waals surface area contributed by atoms with E-state index in [9.17, 15) is 9.59 Å². The molecule has 1 aliphatic carbocycles. The van der Waals surface area contributed by atoms with Crippen LogP contribution in [0.15, 0.2) is 25.4 Å². The van der Waals surface area contributed by atoms with E-state index in [-0.39, 0.29) is 12.1 Å². The van der Waals surface area contributed by atoms with E-state index in [1.54, 1.807) is 0 Å². The van der Waals surface area contributed by atoms with Crippen LogP contribution in [0.5, 0.6) is 0 Å². The number of nitrogens with one attached hydrogen (secondary N) is 1. The van der Waals surface area contributed by atoms with Crippen LogP contribution in [-0.2, 0) is 14.3 Å². The normalized spacial score (nSPS) is 15.0. The topological polar surface area (TPSA) is 55.4 Å². The summed E-state index contributed by atoms with van der Waals surface area (Å²) in [5, 5.41) is 2.19. The molecule has 1 amide bonds. The van der Waals surface area contributed by atoms with Crippen LogP contribution in [0, 0.1) is 0 Å². The van der Waals surface area contributed by atoms with Crippen molar-refractivity contribution >= 4 is 12.4 Å². The van der Waals surface area contributed by atoms with E-state index in [0.29, 0.717) is 6.41 Å². The molecule has 4 heteroatoms. The molecule has 0 atom stereocenters. The summed E-state index contributed by atoms with van der Waals surface area (Å²) in [5.41, 5.74) is 0. The predicted octanol–water partition coefficient (Wildman–Crippen LogP) is 1.92. The minimum absolute atomic E-state index is 0.161. The zero-order chi connectivity index (χ0) is 12.2. The van der Waals surface area contributed by atoms with Crippen molar-refractivity contribution in [2.24, 2.45) is 0 Å². The predicted molar refractivity (Wildman–Crippen MR) is 62.6 cm³/mol. The van der Waals surface area contributed by atoms with E-state index in [2.05, 4.69) is 18.5 Å². The van der Waals surface area contributed by atoms with Crippen LogP contribution in [0.1, 0.15) is 32.1 Å². The molecule has 0 saturated heterocycles. The molecule has 1 fully saturated rings. The van der Waals surface area contributed by atoms with Crippen molar-refractivity contribution in [2.75, 3.05) is 0 Å². The second kappa shape index (κ2) is 9.96. The molecule has 0 spiro atoms. The van der Waals surface area contributed by atoms with Gasteiger partial charge in [0.1, 0.15) is 6.10 Å². The quantitative estimate of drug-likeness (QED) is 0.452. The number of hydrogen-bond acceptors (Lipinski definition) is 3. The third-order valence-electron chi connectivity index (χ3n) is 2.19. The van der Waals surface area contributed by atoms with Crippen LogP contribution in [0.2, 0.25) is 0 Å². The fourth-order valence-corrected chi connectivity index (χ4v) is 1.44. The highest BCUT2D eigenvalue weighted by molar-refractivity contribution is 5.81. The van der Waals surface area contributed by atoms with Gasteiger partial charge in [-0.15, -0.1) is 0 Å². The van der Waals surface area contributed by atoms with E-state index in [1.165, 1.54) is 31.5 Å². The van der Waals surface area contributed by atoms with Gasteiger partial charge in [-0.1, -0.05) is 19.6 Å². The second-order valence-electron chi connectivity index (χ2n) is 3.39. The number of amides is 1. The third kappa shape index (κ3) is 7.79. The summed E-state index contributed by atoms with van der Waals surface area (Å²) in [6.07, 6.45) is 8.98. The van der Waals surface area contributed by atoms with Crippen molar-refractivity contribution < 1.29 is 14.3 Å². The Labute approximate surface area is 96.4 Å². The Hall–Kier alpha value is -1.58. The van der Waals surface area contributed by atoms with Gasteiger partial charge in [0.15, 0.2) is 0 Å². The van der Waals surface area contributed by atoms with Crippen molar-refractivity contribution in [1.29, 1.82) is 0 Å². The van der Waals surface area contributed by atoms with Gasteiger partial charge in [0.25, 0.3) is 0 Å². The summed E-state index contributed by atoms with van der Waals surface area (Å²) >= 11 is 0. The Morgan fingerprint density at radius 2 is 1.88 bits per heavy atom. The summed E-state index contributed by atoms with van der Waals surface area (Å²) in [6.45, 7) is 6.56. The lowest BCUT2D eigenvalue weighted by atomic mass is 9.98. The molecule has 0 aromatic heterocycles. The first-order valence-electron chi connectivity index (χ1n) is 5.38. The van der Waals surface area contributed by atoms with Crippen molar-refractivity contribution in [3.8, 4) is 0 Å². The highest BCUT2D eigenvalue weighted by atomic mass is 16.5. The lowest BCUT2D eigenvalue weighted by molar-refractivity contribution is -0.144. The Kier molecular flexibility index (Phi) is 8.97. The number of carbonyl (C=O) groups is 2. The largest absolute Gasteiger partial charge is 0.459 e. The first-order valence-corrected chi connectivity index (χ1v) is 5.38. The van der Waals surface area contributed by atoms with Crippen molar-refractivity contribution in [1.82, 2.24) is 5.32 Å². The Bertz CT molecular complexity index is 226. The molecule has 0 bridgehead atoms. The molecule has 1 aliphatic rings. The summed E-state index contributed by atoms with van der Waals surface area (Å²) in [5.74, 6) is -0.281. The first-order chi connectivity index (χ1) is 7.74. The highest BCUT2D eigenvalue weighted by Gasteiger charge is 2.15. The molecular weight excluding hydrogens is 206 g/mol. The number of hydrogen-bond donors (Lipinski definition) is 1. The van der Waals surface area contributed by atoms with E-state index in [0.717, 1.165) is 12.8 Å². The summed E-state index contributed by atoms with van der Waals surface area (Å²) in [4.78, 5) is 20.0. The summed E-state index contributed by atoms with van der Waals surface area (Å²) in [6, 6.07) is 0. The molecule has 0 unspecified atom stereocenters. The SMILES string of the molecule is C=CC(=O)OC1CCCCC1.C=CNC=O. The first kappa shape index (κ1) is 14.4. The van der Waals surface area contributed by atoms with E-state index in [4.69, 9.17) is 4.74 Å². The molecule has 0 aromatic carbocycles. The fourth-order valence-electron chi connectivity index (χ4n) is 1.44. The molecule has 90 valence electrons. The third-order valence-corrected chi connectivity index (χ3v) is 2.19. The molecule has 0 heterocycles. The lowest BCUT2D eigenvalue weighted by Gasteiger charge is -2.20. The van der Waals surface area contributed by atoms with Crippen LogP contribution in [0.25, 0.3) is 0 Å². The van der Waals surface area contributed by atoms with Gasteiger partial charge in [0.2, 0.25) is 6.41 Å². The zero-order valence-corrected chi connectivity index (χ0v) is 9.48. The van der Waals surface area contributed by atoms with Gasteiger partial charge in [0, 0.05) is 6.08 Å². The van der Waals surface area contributed by atoms with Crippen LogP contribution in [-0.4, -0.2) is 18.5 Å². The van der Waals surface area contributed by atoms with Gasteiger partial charge in [0.05, 0.1) is 0 Å². The van der Waals surface area contributed by atoms with Crippen LogP contribution in [0.3, 0.4) is 0 Å². The summed E-state index contributed by atoms with van der Waals surface area (Å²) in [7, 11) is 0.